The van der Waals surface area contributed by atoms with Crippen LogP contribution in [-0.4, -0.2) is 12.6 Å². The lowest BCUT2D eigenvalue weighted by atomic mass is 9.87. The minimum absolute atomic E-state index is 0.208. The molecule has 1 aromatic rings. The highest BCUT2D eigenvalue weighted by Gasteiger charge is 2.18. The van der Waals surface area contributed by atoms with Crippen molar-refractivity contribution in [3.8, 4) is 0 Å². The summed E-state index contributed by atoms with van der Waals surface area (Å²) in [6.07, 6.45) is 8.33. The Balaban J connectivity index is 2.25. The molecule has 1 aromatic carbocycles. The van der Waals surface area contributed by atoms with Gasteiger partial charge in [0.05, 0.1) is 12.2 Å². The van der Waals surface area contributed by atoms with Crippen LogP contribution in [0.3, 0.4) is 0 Å². The van der Waals surface area contributed by atoms with Crippen LogP contribution in [0.5, 0.6) is 0 Å². The fraction of sp³-hybridized carbons (Fsp3) is 0.471. The predicted octanol–water partition coefficient (Wildman–Crippen LogP) is 4.98. The molecule has 0 spiro atoms. The van der Waals surface area contributed by atoms with Crippen molar-refractivity contribution < 1.29 is 9.53 Å². The molecule has 0 atom stereocenters. The normalized spacial score (nSPS) is 17.0. The quantitative estimate of drug-likeness (QED) is 0.572. The highest BCUT2D eigenvalue weighted by molar-refractivity contribution is 9.10. The zero-order chi connectivity index (χ0) is 14.4. The van der Waals surface area contributed by atoms with Crippen LogP contribution in [0.15, 0.2) is 34.8 Å². The first kappa shape index (κ1) is 15.3. The standard InChI is InChI=1S/C17H21BrO2/c1-2-20-17(19)16(12-13-6-4-3-5-7-13)14-8-10-15(18)11-9-14/h8-13H,2-7H2,1H3/b16-12-. The summed E-state index contributed by atoms with van der Waals surface area (Å²) >= 11 is 3.43. The summed E-state index contributed by atoms with van der Waals surface area (Å²) in [6, 6.07) is 7.86. The summed E-state index contributed by atoms with van der Waals surface area (Å²) in [5, 5.41) is 0. The molecule has 1 fully saturated rings. The Hall–Kier alpha value is -1.09. The minimum Gasteiger partial charge on any atom is -0.462 e. The van der Waals surface area contributed by atoms with Gasteiger partial charge in [-0.2, -0.15) is 0 Å². The summed E-state index contributed by atoms with van der Waals surface area (Å²) in [5.41, 5.74) is 1.66. The van der Waals surface area contributed by atoms with E-state index in [-0.39, 0.29) is 5.97 Å². The fourth-order valence-electron chi connectivity index (χ4n) is 2.66. The van der Waals surface area contributed by atoms with E-state index in [1.165, 1.54) is 32.1 Å². The number of esters is 1. The Morgan fingerprint density at radius 3 is 2.50 bits per heavy atom. The van der Waals surface area contributed by atoms with Crippen molar-refractivity contribution in [3.05, 3.63) is 40.4 Å². The van der Waals surface area contributed by atoms with Gasteiger partial charge in [0.25, 0.3) is 0 Å². The zero-order valence-electron chi connectivity index (χ0n) is 11.9. The Labute approximate surface area is 129 Å². The number of carbonyl (C=O) groups excluding carboxylic acids is 1. The van der Waals surface area contributed by atoms with E-state index in [2.05, 4.69) is 22.0 Å². The van der Waals surface area contributed by atoms with Gasteiger partial charge in [0, 0.05) is 4.47 Å². The van der Waals surface area contributed by atoms with E-state index in [4.69, 9.17) is 4.74 Å². The van der Waals surface area contributed by atoms with Crippen LogP contribution in [0.4, 0.5) is 0 Å². The maximum atomic E-state index is 12.2. The van der Waals surface area contributed by atoms with Crippen LogP contribution < -0.4 is 0 Å². The monoisotopic (exact) mass is 336 g/mol. The summed E-state index contributed by atoms with van der Waals surface area (Å²) in [7, 11) is 0. The number of benzene rings is 1. The van der Waals surface area contributed by atoms with Crippen LogP contribution in [0.25, 0.3) is 5.57 Å². The number of allylic oxidation sites excluding steroid dienone is 1. The van der Waals surface area contributed by atoms with Crippen molar-refractivity contribution in [2.24, 2.45) is 5.92 Å². The third-order valence-electron chi connectivity index (χ3n) is 3.70. The van der Waals surface area contributed by atoms with Crippen molar-refractivity contribution in [1.29, 1.82) is 0 Å². The van der Waals surface area contributed by atoms with Crippen molar-refractivity contribution in [1.82, 2.24) is 0 Å². The molecule has 1 aliphatic carbocycles. The SMILES string of the molecule is CCOC(=O)/C(=C\C1CCCCC1)c1ccc(Br)cc1. The van der Waals surface area contributed by atoms with Crippen molar-refractivity contribution in [2.75, 3.05) is 6.61 Å². The van der Waals surface area contributed by atoms with E-state index in [0.29, 0.717) is 18.1 Å². The predicted molar refractivity (Wildman–Crippen MR) is 85.3 cm³/mol. The summed E-state index contributed by atoms with van der Waals surface area (Å²) in [5.74, 6) is 0.298. The molecule has 0 aromatic heterocycles. The molecular weight excluding hydrogens is 316 g/mol. The first-order valence-electron chi connectivity index (χ1n) is 7.35. The van der Waals surface area contributed by atoms with Gasteiger partial charge < -0.3 is 4.74 Å². The Morgan fingerprint density at radius 1 is 1.25 bits per heavy atom. The van der Waals surface area contributed by atoms with Crippen LogP contribution in [-0.2, 0) is 9.53 Å². The molecule has 0 bridgehead atoms. The molecular formula is C17H21BrO2. The van der Waals surface area contributed by atoms with Gasteiger partial charge in [-0.25, -0.2) is 4.79 Å². The molecule has 3 heteroatoms. The molecule has 20 heavy (non-hydrogen) atoms. The maximum Gasteiger partial charge on any atom is 0.338 e. The second kappa shape index (κ2) is 7.63. The summed E-state index contributed by atoms with van der Waals surface area (Å²) in [6.45, 7) is 2.26. The Morgan fingerprint density at radius 2 is 1.90 bits per heavy atom. The summed E-state index contributed by atoms with van der Waals surface area (Å²) in [4.78, 5) is 12.2. The highest BCUT2D eigenvalue weighted by Crippen LogP contribution is 2.29. The average Bonchev–Trinajstić information content (AvgIpc) is 2.47. The number of hydrogen-bond acceptors (Lipinski definition) is 2. The van der Waals surface area contributed by atoms with E-state index in [9.17, 15) is 4.79 Å². The number of ether oxygens (including phenoxy) is 1. The van der Waals surface area contributed by atoms with Crippen LogP contribution in [0.1, 0.15) is 44.6 Å². The van der Waals surface area contributed by atoms with E-state index in [1.54, 1.807) is 0 Å². The van der Waals surface area contributed by atoms with Gasteiger partial charge in [-0.3, -0.25) is 0 Å². The van der Waals surface area contributed by atoms with Gasteiger partial charge in [0.15, 0.2) is 0 Å². The second-order valence-corrected chi connectivity index (χ2v) is 6.12. The smallest absolute Gasteiger partial charge is 0.338 e. The molecule has 1 saturated carbocycles. The third-order valence-corrected chi connectivity index (χ3v) is 4.23. The average molecular weight is 337 g/mol. The highest BCUT2D eigenvalue weighted by atomic mass is 79.9. The van der Waals surface area contributed by atoms with Gasteiger partial charge in [0.2, 0.25) is 0 Å². The van der Waals surface area contributed by atoms with E-state index >= 15 is 0 Å². The lowest BCUT2D eigenvalue weighted by Crippen LogP contribution is -2.10. The second-order valence-electron chi connectivity index (χ2n) is 5.21. The molecule has 1 aliphatic rings. The molecule has 0 heterocycles. The number of halogens is 1. The van der Waals surface area contributed by atoms with Crippen molar-refractivity contribution in [2.45, 2.75) is 39.0 Å². The zero-order valence-corrected chi connectivity index (χ0v) is 13.5. The van der Waals surface area contributed by atoms with Gasteiger partial charge in [-0.1, -0.05) is 53.4 Å². The molecule has 0 radical (unpaired) electrons. The topological polar surface area (TPSA) is 26.3 Å². The Bertz CT molecular complexity index is 470. The molecule has 0 unspecified atom stereocenters. The van der Waals surface area contributed by atoms with Gasteiger partial charge >= 0.3 is 5.97 Å². The fourth-order valence-corrected chi connectivity index (χ4v) is 2.92. The number of rotatable bonds is 4. The maximum absolute atomic E-state index is 12.2. The van der Waals surface area contributed by atoms with Crippen LogP contribution in [0, 0.1) is 5.92 Å². The van der Waals surface area contributed by atoms with E-state index in [1.807, 2.05) is 31.2 Å². The van der Waals surface area contributed by atoms with Gasteiger partial charge in [-0.05, 0) is 43.4 Å². The lowest BCUT2D eigenvalue weighted by Gasteiger charge is -2.19. The number of hydrogen-bond donors (Lipinski definition) is 0. The Kier molecular flexibility index (Phi) is 5.84. The number of carbonyl (C=O) groups is 1. The first-order valence-corrected chi connectivity index (χ1v) is 8.15. The van der Waals surface area contributed by atoms with Crippen LogP contribution in [0.2, 0.25) is 0 Å². The first-order chi connectivity index (χ1) is 9.70. The minimum atomic E-state index is -0.208. The molecule has 0 saturated heterocycles. The van der Waals surface area contributed by atoms with Crippen molar-refractivity contribution >= 4 is 27.5 Å². The molecule has 2 rings (SSSR count). The molecule has 0 N–H and O–H groups in total. The lowest BCUT2D eigenvalue weighted by molar-refractivity contribution is -0.136. The summed E-state index contributed by atoms with van der Waals surface area (Å²) < 4.78 is 6.23. The van der Waals surface area contributed by atoms with E-state index in [0.717, 1.165) is 10.0 Å². The van der Waals surface area contributed by atoms with Crippen LogP contribution >= 0.6 is 15.9 Å². The van der Waals surface area contributed by atoms with Crippen molar-refractivity contribution in [3.63, 3.8) is 0 Å². The molecule has 108 valence electrons. The van der Waals surface area contributed by atoms with E-state index < -0.39 is 0 Å². The van der Waals surface area contributed by atoms with Gasteiger partial charge in [-0.15, -0.1) is 0 Å². The van der Waals surface area contributed by atoms with Gasteiger partial charge in [0.1, 0.15) is 0 Å². The molecule has 2 nitrogen and oxygen atoms in total. The molecule has 0 aliphatic heterocycles. The largest absolute Gasteiger partial charge is 0.462 e. The molecule has 0 amide bonds. The third kappa shape index (κ3) is 4.20.